The highest BCUT2D eigenvalue weighted by atomic mass is 16.5. The van der Waals surface area contributed by atoms with E-state index in [4.69, 9.17) is 14.7 Å². The fourth-order valence-corrected chi connectivity index (χ4v) is 1.93. The second-order valence-electron chi connectivity index (χ2n) is 4.01. The van der Waals surface area contributed by atoms with Gasteiger partial charge in [0.05, 0.1) is 19.6 Å². The number of hydrogen-bond donors (Lipinski definition) is 0. The highest BCUT2D eigenvalue weighted by Gasteiger charge is 2.36. The Balaban J connectivity index is 2.35. The molecule has 1 aromatic rings. The zero-order valence-electron chi connectivity index (χ0n) is 8.91. The van der Waals surface area contributed by atoms with Gasteiger partial charge in [0.1, 0.15) is 5.60 Å². The Morgan fingerprint density at radius 1 is 1.60 bits per heavy atom. The Bertz CT molecular complexity index is 422. The number of nitrogens with zero attached hydrogens (tertiary/aromatic N) is 1. The zero-order chi connectivity index (χ0) is 10.9. The number of rotatable bonds is 2. The van der Waals surface area contributed by atoms with E-state index in [9.17, 15) is 0 Å². The molecule has 0 radical (unpaired) electrons. The molecule has 15 heavy (non-hydrogen) atoms. The van der Waals surface area contributed by atoms with E-state index in [1.807, 2.05) is 25.1 Å². The minimum atomic E-state index is -0.397. The quantitative estimate of drug-likeness (QED) is 0.740. The molecule has 2 rings (SSSR count). The van der Waals surface area contributed by atoms with Crippen LogP contribution in [-0.2, 0) is 6.42 Å². The maximum Gasteiger partial charge on any atom is 0.165 e. The van der Waals surface area contributed by atoms with Crippen molar-refractivity contribution >= 4 is 0 Å². The van der Waals surface area contributed by atoms with E-state index in [0.29, 0.717) is 6.42 Å². The van der Waals surface area contributed by atoms with Gasteiger partial charge < -0.3 is 9.47 Å². The Kier molecular flexibility index (Phi) is 2.28. The lowest BCUT2D eigenvalue weighted by molar-refractivity contribution is 0.118. The van der Waals surface area contributed by atoms with E-state index in [2.05, 4.69) is 6.07 Å². The predicted molar refractivity (Wildman–Crippen MR) is 56.0 cm³/mol. The topological polar surface area (TPSA) is 42.2 Å². The summed E-state index contributed by atoms with van der Waals surface area (Å²) < 4.78 is 11.0. The van der Waals surface area contributed by atoms with Crippen LogP contribution in [0, 0.1) is 11.3 Å². The summed E-state index contributed by atoms with van der Waals surface area (Å²) in [5, 5.41) is 8.74. The molecular formula is C12H13NO2. The Labute approximate surface area is 89.2 Å². The molecule has 0 saturated heterocycles. The van der Waals surface area contributed by atoms with Crippen molar-refractivity contribution in [2.75, 3.05) is 7.11 Å². The third kappa shape index (κ3) is 1.63. The van der Waals surface area contributed by atoms with Gasteiger partial charge in [0.25, 0.3) is 0 Å². The molecule has 1 atom stereocenters. The van der Waals surface area contributed by atoms with E-state index in [1.165, 1.54) is 0 Å². The average Bonchev–Trinajstić information content (AvgIpc) is 2.53. The summed E-state index contributed by atoms with van der Waals surface area (Å²) in [6.45, 7) is 1.95. The van der Waals surface area contributed by atoms with Gasteiger partial charge in [-0.05, 0) is 13.0 Å². The first-order chi connectivity index (χ1) is 7.18. The highest BCUT2D eigenvalue weighted by molar-refractivity contribution is 5.50. The third-order valence-electron chi connectivity index (χ3n) is 2.65. The molecule has 0 N–H and O–H groups in total. The molecule has 1 heterocycles. The normalized spacial score (nSPS) is 22.7. The van der Waals surface area contributed by atoms with Crippen LogP contribution in [0.4, 0.5) is 0 Å². The number of nitriles is 1. The molecule has 0 spiro atoms. The molecule has 3 nitrogen and oxygen atoms in total. The van der Waals surface area contributed by atoms with Gasteiger partial charge in [0, 0.05) is 12.0 Å². The number of benzene rings is 1. The maximum absolute atomic E-state index is 8.74. The first kappa shape index (κ1) is 9.85. The van der Waals surface area contributed by atoms with Crippen molar-refractivity contribution in [3.05, 3.63) is 23.8 Å². The van der Waals surface area contributed by atoms with E-state index in [1.54, 1.807) is 7.11 Å². The first-order valence-corrected chi connectivity index (χ1v) is 4.90. The largest absolute Gasteiger partial charge is 0.493 e. The van der Waals surface area contributed by atoms with Gasteiger partial charge in [-0.1, -0.05) is 12.1 Å². The van der Waals surface area contributed by atoms with E-state index in [-0.39, 0.29) is 0 Å². The summed E-state index contributed by atoms with van der Waals surface area (Å²) in [5.41, 5.74) is 0.721. The van der Waals surface area contributed by atoms with Crippen molar-refractivity contribution in [3.8, 4) is 17.6 Å². The lowest BCUT2D eigenvalue weighted by atomic mass is 9.96. The summed E-state index contributed by atoms with van der Waals surface area (Å²) in [4.78, 5) is 0. The molecule has 1 unspecified atom stereocenters. The molecule has 0 saturated carbocycles. The number of methoxy groups -OCH3 is 1. The van der Waals surface area contributed by atoms with Crippen LogP contribution >= 0.6 is 0 Å². The standard InChI is InChI=1S/C12H13NO2/c1-12(6-7-13)8-9-4-3-5-10(14-2)11(9)15-12/h3-5H,6,8H2,1-2H3. The van der Waals surface area contributed by atoms with Gasteiger partial charge >= 0.3 is 0 Å². The van der Waals surface area contributed by atoms with Crippen LogP contribution < -0.4 is 9.47 Å². The molecular weight excluding hydrogens is 190 g/mol. The van der Waals surface area contributed by atoms with E-state index in [0.717, 1.165) is 23.5 Å². The predicted octanol–water partition coefficient (Wildman–Crippen LogP) is 2.30. The van der Waals surface area contributed by atoms with Crippen LogP contribution in [-0.4, -0.2) is 12.7 Å². The van der Waals surface area contributed by atoms with Crippen LogP contribution in [0.3, 0.4) is 0 Å². The lowest BCUT2D eigenvalue weighted by Gasteiger charge is -2.20. The molecule has 1 aliphatic rings. The number of ether oxygens (including phenoxy) is 2. The van der Waals surface area contributed by atoms with Crippen molar-refractivity contribution in [1.29, 1.82) is 5.26 Å². The molecule has 0 bridgehead atoms. The summed E-state index contributed by atoms with van der Waals surface area (Å²) in [6.07, 6.45) is 1.16. The monoisotopic (exact) mass is 203 g/mol. The average molecular weight is 203 g/mol. The summed E-state index contributed by atoms with van der Waals surface area (Å²) in [7, 11) is 1.62. The van der Waals surface area contributed by atoms with Crippen LogP contribution in [0.2, 0.25) is 0 Å². The van der Waals surface area contributed by atoms with Gasteiger partial charge in [-0.3, -0.25) is 0 Å². The van der Waals surface area contributed by atoms with Crippen molar-refractivity contribution in [3.63, 3.8) is 0 Å². The fraction of sp³-hybridized carbons (Fsp3) is 0.417. The summed E-state index contributed by atoms with van der Waals surface area (Å²) in [6, 6.07) is 7.99. The third-order valence-corrected chi connectivity index (χ3v) is 2.65. The van der Waals surface area contributed by atoms with Crippen molar-refractivity contribution in [2.24, 2.45) is 0 Å². The van der Waals surface area contributed by atoms with Gasteiger partial charge in [0.15, 0.2) is 11.5 Å². The molecule has 0 aromatic heterocycles. The van der Waals surface area contributed by atoms with Crippen LogP contribution in [0.1, 0.15) is 18.9 Å². The Morgan fingerprint density at radius 2 is 2.40 bits per heavy atom. The molecule has 0 aliphatic carbocycles. The first-order valence-electron chi connectivity index (χ1n) is 4.90. The molecule has 0 fully saturated rings. The summed E-state index contributed by atoms with van der Waals surface area (Å²) in [5.74, 6) is 1.53. The molecule has 3 heteroatoms. The van der Waals surface area contributed by atoms with Gasteiger partial charge in [-0.15, -0.1) is 0 Å². The SMILES string of the molecule is COc1cccc2c1OC(C)(CC#N)C2. The van der Waals surface area contributed by atoms with Gasteiger partial charge in [-0.2, -0.15) is 5.26 Å². The van der Waals surface area contributed by atoms with Crippen LogP contribution in [0.25, 0.3) is 0 Å². The van der Waals surface area contributed by atoms with Crippen molar-refractivity contribution in [2.45, 2.75) is 25.4 Å². The zero-order valence-corrected chi connectivity index (χ0v) is 8.91. The van der Waals surface area contributed by atoms with Crippen LogP contribution in [0.15, 0.2) is 18.2 Å². The van der Waals surface area contributed by atoms with Crippen molar-refractivity contribution < 1.29 is 9.47 Å². The lowest BCUT2D eigenvalue weighted by Crippen LogP contribution is -2.29. The number of fused-ring (bicyclic) bond motifs is 1. The minimum Gasteiger partial charge on any atom is -0.493 e. The maximum atomic E-state index is 8.74. The number of para-hydroxylation sites is 1. The fourth-order valence-electron chi connectivity index (χ4n) is 1.93. The Hall–Kier alpha value is -1.69. The van der Waals surface area contributed by atoms with Gasteiger partial charge in [0.2, 0.25) is 0 Å². The smallest absolute Gasteiger partial charge is 0.165 e. The highest BCUT2D eigenvalue weighted by Crippen LogP contribution is 2.42. The molecule has 1 aromatic carbocycles. The summed E-state index contributed by atoms with van der Waals surface area (Å²) >= 11 is 0. The second-order valence-corrected chi connectivity index (χ2v) is 4.01. The molecule has 1 aliphatic heterocycles. The van der Waals surface area contributed by atoms with Crippen molar-refractivity contribution in [1.82, 2.24) is 0 Å². The number of hydrogen-bond acceptors (Lipinski definition) is 3. The minimum absolute atomic E-state index is 0.394. The Morgan fingerprint density at radius 3 is 3.07 bits per heavy atom. The second kappa shape index (κ2) is 3.47. The molecule has 0 amide bonds. The van der Waals surface area contributed by atoms with E-state index < -0.39 is 5.60 Å². The van der Waals surface area contributed by atoms with Crippen LogP contribution in [0.5, 0.6) is 11.5 Å². The van der Waals surface area contributed by atoms with Gasteiger partial charge in [-0.25, -0.2) is 0 Å². The molecule has 78 valence electrons. The van der Waals surface area contributed by atoms with E-state index >= 15 is 0 Å².